The maximum atomic E-state index is 12.3. The number of rotatable bonds is 7. The van der Waals surface area contributed by atoms with E-state index in [9.17, 15) is 9.59 Å². The number of esters is 2. The summed E-state index contributed by atoms with van der Waals surface area (Å²) in [6.07, 6.45) is -0.472. The smallest absolute Gasteiger partial charge is 0.347 e. The van der Waals surface area contributed by atoms with Crippen molar-refractivity contribution in [1.29, 1.82) is 0 Å². The normalized spacial score (nSPS) is 16.2. The number of hydrogen-bond donors (Lipinski definition) is 0. The van der Waals surface area contributed by atoms with Gasteiger partial charge in [0.1, 0.15) is 30.3 Å². The molecule has 130 valence electrons. The summed E-state index contributed by atoms with van der Waals surface area (Å²) in [6, 6.07) is 16.1. The van der Waals surface area contributed by atoms with Crippen LogP contribution in [-0.2, 0) is 14.3 Å². The lowest BCUT2D eigenvalue weighted by molar-refractivity contribution is -0.145. The molecule has 1 aliphatic heterocycles. The SMILES string of the molecule is O=C(O[C@@H]1CCOC1=O)c1ccccc1OCCOc1ccccc1. The van der Waals surface area contributed by atoms with E-state index in [0.717, 1.165) is 5.75 Å². The summed E-state index contributed by atoms with van der Waals surface area (Å²) in [6.45, 7) is 0.874. The van der Waals surface area contributed by atoms with Gasteiger partial charge in [-0.2, -0.15) is 0 Å². The Bertz CT molecular complexity index is 728. The van der Waals surface area contributed by atoms with Crippen molar-refractivity contribution in [2.45, 2.75) is 12.5 Å². The average molecular weight is 342 g/mol. The average Bonchev–Trinajstić information content (AvgIpc) is 3.04. The number of para-hydroxylation sites is 2. The quantitative estimate of drug-likeness (QED) is 0.569. The summed E-state index contributed by atoms with van der Waals surface area (Å²) in [5, 5.41) is 0. The minimum Gasteiger partial charge on any atom is -0.490 e. The molecule has 6 nitrogen and oxygen atoms in total. The molecule has 1 heterocycles. The molecule has 0 spiro atoms. The van der Waals surface area contributed by atoms with E-state index in [1.165, 1.54) is 0 Å². The van der Waals surface area contributed by atoms with E-state index in [2.05, 4.69) is 0 Å². The minimum atomic E-state index is -0.845. The molecule has 2 aromatic carbocycles. The summed E-state index contributed by atoms with van der Waals surface area (Å²) in [5.74, 6) is 0.0144. The van der Waals surface area contributed by atoms with Crippen LogP contribution in [0, 0.1) is 0 Å². The van der Waals surface area contributed by atoms with E-state index in [4.69, 9.17) is 18.9 Å². The first-order chi connectivity index (χ1) is 12.2. The highest BCUT2D eigenvalue weighted by Crippen LogP contribution is 2.21. The monoisotopic (exact) mass is 342 g/mol. The lowest BCUT2D eigenvalue weighted by Crippen LogP contribution is -2.23. The second-order valence-corrected chi connectivity index (χ2v) is 5.36. The van der Waals surface area contributed by atoms with Crippen molar-refractivity contribution in [3.05, 3.63) is 60.2 Å². The third-order valence-electron chi connectivity index (χ3n) is 3.60. The van der Waals surface area contributed by atoms with E-state index in [-0.39, 0.29) is 18.8 Å². The Morgan fingerprint density at radius 2 is 1.72 bits per heavy atom. The Morgan fingerprint density at radius 3 is 2.48 bits per heavy atom. The summed E-state index contributed by atoms with van der Waals surface area (Å²) in [5.41, 5.74) is 0.266. The van der Waals surface area contributed by atoms with E-state index in [0.29, 0.717) is 18.8 Å². The number of hydrogen-bond acceptors (Lipinski definition) is 6. The van der Waals surface area contributed by atoms with Gasteiger partial charge in [-0.3, -0.25) is 0 Å². The molecule has 0 amide bonds. The van der Waals surface area contributed by atoms with Gasteiger partial charge < -0.3 is 18.9 Å². The first kappa shape index (κ1) is 16.8. The van der Waals surface area contributed by atoms with Gasteiger partial charge in [-0.15, -0.1) is 0 Å². The molecule has 0 saturated carbocycles. The zero-order valence-corrected chi connectivity index (χ0v) is 13.6. The predicted molar refractivity (Wildman–Crippen MR) is 88.7 cm³/mol. The maximum absolute atomic E-state index is 12.3. The lowest BCUT2D eigenvalue weighted by atomic mass is 10.2. The molecule has 2 aromatic rings. The minimum absolute atomic E-state index is 0.266. The van der Waals surface area contributed by atoms with Gasteiger partial charge in [0, 0.05) is 6.42 Å². The molecule has 25 heavy (non-hydrogen) atoms. The van der Waals surface area contributed by atoms with Gasteiger partial charge in [0.2, 0.25) is 6.10 Å². The van der Waals surface area contributed by atoms with Crippen molar-refractivity contribution < 1.29 is 28.5 Å². The molecule has 1 saturated heterocycles. The van der Waals surface area contributed by atoms with Gasteiger partial charge in [0.05, 0.1) is 6.61 Å². The fraction of sp³-hybridized carbons (Fsp3) is 0.263. The van der Waals surface area contributed by atoms with Crippen molar-refractivity contribution in [1.82, 2.24) is 0 Å². The van der Waals surface area contributed by atoms with E-state index < -0.39 is 18.0 Å². The van der Waals surface area contributed by atoms with Gasteiger partial charge >= 0.3 is 11.9 Å². The molecule has 0 unspecified atom stereocenters. The largest absolute Gasteiger partial charge is 0.490 e. The fourth-order valence-corrected chi connectivity index (χ4v) is 2.37. The molecule has 0 aliphatic carbocycles. The highest BCUT2D eigenvalue weighted by atomic mass is 16.6. The van der Waals surface area contributed by atoms with E-state index >= 15 is 0 Å². The second kappa shape index (κ2) is 8.19. The number of cyclic esters (lactones) is 1. The zero-order chi connectivity index (χ0) is 17.5. The second-order valence-electron chi connectivity index (χ2n) is 5.36. The first-order valence-electron chi connectivity index (χ1n) is 8.01. The van der Waals surface area contributed by atoms with Crippen LogP contribution in [-0.4, -0.2) is 37.9 Å². The number of carbonyl (C=O) groups is 2. The zero-order valence-electron chi connectivity index (χ0n) is 13.6. The van der Waals surface area contributed by atoms with Crippen molar-refractivity contribution in [3.8, 4) is 11.5 Å². The maximum Gasteiger partial charge on any atom is 0.347 e. The number of carbonyl (C=O) groups excluding carboxylic acids is 2. The van der Waals surface area contributed by atoms with Crippen LogP contribution in [0.1, 0.15) is 16.8 Å². The summed E-state index contributed by atoms with van der Waals surface area (Å²) >= 11 is 0. The van der Waals surface area contributed by atoms with Crippen molar-refractivity contribution >= 4 is 11.9 Å². The van der Waals surface area contributed by atoms with E-state index in [1.54, 1.807) is 24.3 Å². The van der Waals surface area contributed by atoms with Crippen LogP contribution in [0.4, 0.5) is 0 Å². The molecule has 1 aliphatic rings. The molecular weight excluding hydrogens is 324 g/mol. The van der Waals surface area contributed by atoms with Crippen LogP contribution >= 0.6 is 0 Å². The highest BCUT2D eigenvalue weighted by Gasteiger charge is 2.31. The summed E-state index contributed by atoms with van der Waals surface area (Å²) < 4.78 is 21.2. The molecular formula is C19H18O6. The number of ether oxygens (including phenoxy) is 4. The highest BCUT2D eigenvalue weighted by molar-refractivity contribution is 5.94. The van der Waals surface area contributed by atoms with Crippen LogP contribution in [0.15, 0.2) is 54.6 Å². The Labute approximate surface area is 145 Å². The lowest BCUT2D eigenvalue weighted by Gasteiger charge is -2.13. The number of benzene rings is 2. The predicted octanol–water partition coefficient (Wildman–Crippen LogP) is 2.62. The van der Waals surface area contributed by atoms with E-state index in [1.807, 2.05) is 30.3 Å². The molecule has 0 aromatic heterocycles. The topological polar surface area (TPSA) is 71.1 Å². The third kappa shape index (κ3) is 4.50. The van der Waals surface area contributed by atoms with Crippen molar-refractivity contribution in [2.75, 3.05) is 19.8 Å². The van der Waals surface area contributed by atoms with Gasteiger partial charge in [0.15, 0.2) is 0 Å². The Balaban J connectivity index is 1.55. The molecule has 0 radical (unpaired) electrons. The molecule has 1 fully saturated rings. The molecule has 6 heteroatoms. The standard InChI is InChI=1S/C19H18O6/c20-18(25-17-10-11-24-19(17)21)15-8-4-5-9-16(15)23-13-12-22-14-6-2-1-3-7-14/h1-9,17H,10-13H2/t17-/m1/s1. The van der Waals surface area contributed by atoms with Crippen LogP contribution < -0.4 is 9.47 Å². The van der Waals surface area contributed by atoms with Gasteiger partial charge in [-0.1, -0.05) is 30.3 Å². The summed E-state index contributed by atoms with van der Waals surface area (Å²) in [7, 11) is 0. The molecule has 0 bridgehead atoms. The van der Waals surface area contributed by atoms with Crippen LogP contribution in [0.3, 0.4) is 0 Å². The molecule has 0 N–H and O–H groups in total. The van der Waals surface area contributed by atoms with Gasteiger partial charge in [-0.05, 0) is 24.3 Å². The van der Waals surface area contributed by atoms with Crippen molar-refractivity contribution in [3.63, 3.8) is 0 Å². The van der Waals surface area contributed by atoms with Crippen LogP contribution in [0.25, 0.3) is 0 Å². The third-order valence-corrected chi connectivity index (χ3v) is 3.60. The van der Waals surface area contributed by atoms with Gasteiger partial charge in [-0.25, -0.2) is 9.59 Å². The molecule has 1 atom stereocenters. The first-order valence-corrected chi connectivity index (χ1v) is 8.01. The Morgan fingerprint density at radius 1 is 1.00 bits per heavy atom. The van der Waals surface area contributed by atoms with Crippen molar-refractivity contribution in [2.24, 2.45) is 0 Å². The van der Waals surface area contributed by atoms with Crippen LogP contribution in [0.2, 0.25) is 0 Å². The summed E-state index contributed by atoms with van der Waals surface area (Å²) in [4.78, 5) is 23.7. The Hall–Kier alpha value is -3.02. The fourth-order valence-electron chi connectivity index (χ4n) is 2.37. The Kier molecular flexibility index (Phi) is 5.51. The molecule has 3 rings (SSSR count). The van der Waals surface area contributed by atoms with Crippen LogP contribution in [0.5, 0.6) is 11.5 Å². The van der Waals surface area contributed by atoms with Gasteiger partial charge in [0.25, 0.3) is 0 Å².